The standard InChI is InChI=1S/C12H14O/c1-10(11(2)9-13)8-12-6-4-3-5-7-12/h3-7,9H,8H2,1-2H3. The molecule has 1 nitrogen and oxygen atoms in total. The number of hydrogen-bond acceptors (Lipinski definition) is 1. The summed E-state index contributed by atoms with van der Waals surface area (Å²) in [6.07, 6.45) is 1.78. The third kappa shape index (κ3) is 2.86. The first-order valence-electron chi connectivity index (χ1n) is 4.39. The molecule has 0 aliphatic heterocycles. The van der Waals surface area contributed by atoms with Crippen molar-refractivity contribution < 1.29 is 4.79 Å². The van der Waals surface area contributed by atoms with Crippen LogP contribution in [-0.4, -0.2) is 6.29 Å². The molecule has 0 heterocycles. The lowest BCUT2D eigenvalue weighted by Gasteiger charge is -2.02. The Hall–Kier alpha value is -1.37. The molecule has 0 saturated carbocycles. The van der Waals surface area contributed by atoms with Crippen molar-refractivity contribution in [2.45, 2.75) is 20.3 Å². The van der Waals surface area contributed by atoms with Gasteiger partial charge >= 0.3 is 0 Å². The van der Waals surface area contributed by atoms with Crippen LogP contribution in [0, 0.1) is 0 Å². The summed E-state index contributed by atoms with van der Waals surface area (Å²) in [5.41, 5.74) is 3.23. The minimum atomic E-state index is 0.837. The zero-order valence-electron chi connectivity index (χ0n) is 8.08. The molecule has 68 valence electrons. The fourth-order valence-electron chi connectivity index (χ4n) is 1.14. The highest BCUT2D eigenvalue weighted by Crippen LogP contribution is 2.09. The lowest BCUT2D eigenvalue weighted by atomic mass is 10.0. The quantitative estimate of drug-likeness (QED) is 0.508. The Bertz CT molecular complexity index is 309. The zero-order valence-corrected chi connectivity index (χ0v) is 8.08. The molecule has 0 saturated heterocycles. The highest BCUT2D eigenvalue weighted by atomic mass is 16.1. The number of benzene rings is 1. The van der Waals surface area contributed by atoms with Gasteiger partial charge in [-0.2, -0.15) is 0 Å². The Labute approximate surface area is 79.1 Å². The molecule has 0 fully saturated rings. The van der Waals surface area contributed by atoms with Gasteiger partial charge in [0.15, 0.2) is 0 Å². The minimum absolute atomic E-state index is 0.837. The molecule has 0 atom stereocenters. The van der Waals surface area contributed by atoms with Gasteiger partial charge in [0.2, 0.25) is 0 Å². The van der Waals surface area contributed by atoms with Gasteiger partial charge in [-0.25, -0.2) is 0 Å². The fraction of sp³-hybridized carbons (Fsp3) is 0.250. The van der Waals surface area contributed by atoms with Crippen molar-refractivity contribution in [3.8, 4) is 0 Å². The summed E-state index contributed by atoms with van der Waals surface area (Å²) >= 11 is 0. The fourth-order valence-corrected chi connectivity index (χ4v) is 1.14. The minimum Gasteiger partial charge on any atom is -0.298 e. The predicted molar refractivity (Wildman–Crippen MR) is 54.6 cm³/mol. The molecule has 0 spiro atoms. The summed E-state index contributed by atoms with van der Waals surface area (Å²) in [5, 5.41) is 0. The van der Waals surface area contributed by atoms with E-state index in [2.05, 4.69) is 12.1 Å². The predicted octanol–water partition coefficient (Wildman–Crippen LogP) is 2.76. The maximum absolute atomic E-state index is 10.5. The molecule has 1 aromatic carbocycles. The molecule has 0 amide bonds. The molecule has 0 radical (unpaired) electrons. The summed E-state index contributed by atoms with van der Waals surface area (Å²) in [4.78, 5) is 10.5. The average molecular weight is 174 g/mol. The van der Waals surface area contributed by atoms with E-state index in [9.17, 15) is 4.79 Å². The van der Waals surface area contributed by atoms with Crippen LogP contribution in [0.5, 0.6) is 0 Å². The smallest absolute Gasteiger partial charge is 0.145 e. The molecular weight excluding hydrogens is 160 g/mol. The van der Waals surface area contributed by atoms with Crippen molar-refractivity contribution >= 4 is 6.29 Å². The second-order valence-corrected chi connectivity index (χ2v) is 3.24. The zero-order chi connectivity index (χ0) is 9.68. The number of aldehydes is 1. The first-order chi connectivity index (χ1) is 6.24. The van der Waals surface area contributed by atoms with E-state index in [0.717, 1.165) is 23.9 Å². The van der Waals surface area contributed by atoms with Gasteiger partial charge in [0.1, 0.15) is 6.29 Å². The van der Waals surface area contributed by atoms with E-state index in [1.165, 1.54) is 5.56 Å². The van der Waals surface area contributed by atoms with Crippen molar-refractivity contribution in [3.05, 3.63) is 47.0 Å². The van der Waals surface area contributed by atoms with Crippen molar-refractivity contribution in [2.24, 2.45) is 0 Å². The SMILES string of the molecule is CC(C=O)=C(C)Cc1ccccc1. The van der Waals surface area contributed by atoms with Crippen LogP contribution in [-0.2, 0) is 11.2 Å². The number of carbonyl (C=O) groups excluding carboxylic acids is 1. The van der Waals surface area contributed by atoms with E-state index >= 15 is 0 Å². The maximum atomic E-state index is 10.5. The van der Waals surface area contributed by atoms with Crippen molar-refractivity contribution in [1.82, 2.24) is 0 Å². The Kier molecular flexibility index (Phi) is 3.44. The third-order valence-electron chi connectivity index (χ3n) is 2.16. The van der Waals surface area contributed by atoms with Gasteiger partial charge in [0.05, 0.1) is 0 Å². The Balaban J connectivity index is 2.76. The number of hydrogen-bond donors (Lipinski definition) is 0. The highest BCUT2D eigenvalue weighted by Gasteiger charge is 1.97. The van der Waals surface area contributed by atoms with E-state index in [1.54, 1.807) is 0 Å². The second kappa shape index (κ2) is 4.61. The van der Waals surface area contributed by atoms with Crippen molar-refractivity contribution in [1.29, 1.82) is 0 Å². The van der Waals surface area contributed by atoms with Crippen LogP contribution in [0.1, 0.15) is 19.4 Å². The molecule has 0 unspecified atom stereocenters. The number of rotatable bonds is 3. The Morgan fingerprint density at radius 2 is 1.85 bits per heavy atom. The normalized spacial score (nSPS) is 12.2. The number of carbonyl (C=O) groups is 1. The van der Waals surface area contributed by atoms with E-state index in [1.807, 2.05) is 32.0 Å². The lowest BCUT2D eigenvalue weighted by molar-refractivity contribution is -0.104. The van der Waals surface area contributed by atoms with Gasteiger partial charge in [-0.05, 0) is 31.4 Å². The van der Waals surface area contributed by atoms with Gasteiger partial charge in [0, 0.05) is 0 Å². The van der Waals surface area contributed by atoms with Crippen LogP contribution in [0.3, 0.4) is 0 Å². The highest BCUT2D eigenvalue weighted by molar-refractivity contribution is 5.73. The summed E-state index contributed by atoms with van der Waals surface area (Å²) in [6, 6.07) is 10.2. The van der Waals surface area contributed by atoms with E-state index in [0.29, 0.717) is 0 Å². The molecular formula is C12H14O. The van der Waals surface area contributed by atoms with Gasteiger partial charge < -0.3 is 0 Å². The summed E-state index contributed by atoms with van der Waals surface area (Å²) in [6.45, 7) is 3.85. The molecule has 0 aliphatic carbocycles. The van der Waals surface area contributed by atoms with Crippen LogP contribution >= 0.6 is 0 Å². The van der Waals surface area contributed by atoms with Gasteiger partial charge in [-0.1, -0.05) is 35.9 Å². The molecule has 1 rings (SSSR count). The number of allylic oxidation sites excluding steroid dienone is 2. The van der Waals surface area contributed by atoms with Crippen LogP contribution in [0.4, 0.5) is 0 Å². The van der Waals surface area contributed by atoms with E-state index in [-0.39, 0.29) is 0 Å². The second-order valence-electron chi connectivity index (χ2n) is 3.24. The first kappa shape index (κ1) is 9.72. The van der Waals surface area contributed by atoms with Crippen LogP contribution in [0.25, 0.3) is 0 Å². The van der Waals surface area contributed by atoms with E-state index < -0.39 is 0 Å². The molecule has 0 N–H and O–H groups in total. The molecule has 0 bridgehead atoms. The molecule has 0 aromatic heterocycles. The summed E-state index contributed by atoms with van der Waals surface area (Å²) in [5.74, 6) is 0. The monoisotopic (exact) mass is 174 g/mol. The van der Waals surface area contributed by atoms with Gasteiger partial charge in [-0.3, -0.25) is 4.79 Å². The molecule has 1 aromatic rings. The maximum Gasteiger partial charge on any atom is 0.145 e. The van der Waals surface area contributed by atoms with Gasteiger partial charge in [-0.15, -0.1) is 0 Å². The summed E-state index contributed by atoms with van der Waals surface area (Å²) < 4.78 is 0. The Morgan fingerprint density at radius 1 is 1.23 bits per heavy atom. The molecule has 0 aliphatic rings. The average Bonchev–Trinajstić information content (AvgIpc) is 2.18. The lowest BCUT2D eigenvalue weighted by Crippen LogP contribution is -1.91. The third-order valence-corrected chi connectivity index (χ3v) is 2.16. The summed E-state index contributed by atoms with van der Waals surface area (Å²) in [7, 11) is 0. The van der Waals surface area contributed by atoms with Crippen LogP contribution in [0.2, 0.25) is 0 Å². The van der Waals surface area contributed by atoms with Crippen molar-refractivity contribution in [2.75, 3.05) is 0 Å². The topological polar surface area (TPSA) is 17.1 Å². The molecule has 1 heteroatoms. The van der Waals surface area contributed by atoms with Crippen LogP contribution in [0.15, 0.2) is 41.5 Å². The Morgan fingerprint density at radius 3 is 2.38 bits per heavy atom. The molecule has 13 heavy (non-hydrogen) atoms. The van der Waals surface area contributed by atoms with E-state index in [4.69, 9.17) is 0 Å². The first-order valence-corrected chi connectivity index (χ1v) is 4.39. The largest absolute Gasteiger partial charge is 0.298 e. The van der Waals surface area contributed by atoms with Crippen LogP contribution < -0.4 is 0 Å². The van der Waals surface area contributed by atoms with Gasteiger partial charge in [0.25, 0.3) is 0 Å². The van der Waals surface area contributed by atoms with Crippen molar-refractivity contribution in [3.63, 3.8) is 0 Å².